The molecule has 17 heavy (non-hydrogen) atoms. The summed E-state index contributed by atoms with van der Waals surface area (Å²) >= 11 is 0. The van der Waals surface area contributed by atoms with Gasteiger partial charge in [0.2, 0.25) is 0 Å². The van der Waals surface area contributed by atoms with Crippen LogP contribution in [-0.2, 0) is 4.74 Å². The molecular formula is C15H29NO. The first-order valence-electron chi connectivity index (χ1n) is 7.50. The van der Waals surface area contributed by atoms with Crippen molar-refractivity contribution in [3.63, 3.8) is 0 Å². The fraction of sp³-hybridized carbons (Fsp3) is 1.00. The van der Waals surface area contributed by atoms with Gasteiger partial charge in [-0.05, 0) is 56.3 Å². The number of hydrogen-bond acceptors (Lipinski definition) is 2. The maximum atomic E-state index is 5.21. The highest BCUT2D eigenvalue weighted by atomic mass is 16.5. The van der Waals surface area contributed by atoms with Crippen molar-refractivity contribution in [3.05, 3.63) is 0 Å². The van der Waals surface area contributed by atoms with Crippen LogP contribution in [0.25, 0.3) is 0 Å². The van der Waals surface area contributed by atoms with Crippen LogP contribution in [0, 0.1) is 11.3 Å². The fourth-order valence-corrected chi connectivity index (χ4v) is 3.15. The fourth-order valence-electron chi connectivity index (χ4n) is 3.15. The van der Waals surface area contributed by atoms with E-state index in [1.807, 2.05) is 7.11 Å². The van der Waals surface area contributed by atoms with Crippen LogP contribution in [0.15, 0.2) is 0 Å². The minimum Gasteiger partial charge on any atom is -0.385 e. The molecular weight excluding hydrogens is 210 g/mol. The minimum atomic E-state index is 0.609. The van der Waals surface area contributed by atoms with Gasteiger partial charge in [-0.15, -0.1) is 0 Å². The molecule has 0 heterocycles. The van der Waals surface area contributed by atoms with E-state index < -0.39 is 0 Å². The third kappa shape index (κ3) is 3.96. The Labute approximate surface area is 107 Å². The molecule has 0 aromatic carbocycles. The summed E-state index contributed by atoms with van der Waals surface area (Å²) in [5, 5.41) is 3.82. The minimum absolute atomic E-state index is 0.609. The number of rotatable bonds is 7. The van der Waals surface area contributed by atoms with Gasteiger partial charge in [0.15, 0.2) is 0 Å². The molecule has 0 unspecified atom stereocenters. The van der Waals surface area contributed by atoms with E-state index in [2.05, 4.69) is 12.2 Å². The van der Waals surface area contributed by atoms with Crippen LogP contribution in [-0.4, -0.2) is 26.3 Å². The van der Waals surface area contributed by atoms with Crippen molar-refractivity contribution >= 4 is 0 Å². The third-order valence-electron chi connectivity index (χ3n) is 4.98. The molecule has 0 bridgehead atoms. The predicted molar refractivity (Wildman–Crippen MR) is 72.2 cm³/mol. The third-order valence-corrected chi connectivity index (χ3v) is 4.98. The second kappa shape index (κ2) is 6.19. The quantitative estimate of drug-likeness (QED) is 0.735. The van der Waals surface area contributed by atoms with Crippen LogP contribution in [0.3, 0.4) is 0 Å². The monoisotopic (exact) mass is 239 g/mol. The van der Waals surface area contributed by atoms with Crippen molar-refractivity contribution in [1.29, 1.82) is 0 Å². The first kappa shape index (κ1) is 13.4. The smallest absolute Gasteiger partial charge is 0.0468 e. The molecule has 2 aliphatic carbocycles. The van der Waals surface area contributed by atoms with Gasteiger partial charge in [0.25, 0.3) is 0 Å². The van der Waals surface area contributed by atoms with E-state index in [9.17, 15) is 0 Å². The topological polar surface area (TPSA) is 21.3 Å². The van der Waals surface area contributed by atoms with Crippen molar-refractivity contribution in [2.45, 2.75) is 64.3 Å². The van der Waals surface area contributed by atoms with Crippen molar-refractivity contribution < 1.29 is 4.74 Å². The van der Waals surface area contributed by atoms with Gasteiger partial charge < -0.3 is 10.1 Å². The molecule has 2 aliphatic rings. The lowest BCUT2D eigenvalue weighted by molar-refractivity contribution is 0.168. The van der Waals surface area contributed by atoms with E-state index in [0.29, 0.717) is 5.41 Å². The van der Waals surface area contributed by atoms with Crippen LogP contribution in [0.2, 0.25) is 0 Å². The molecule has 2 heteroatoms. The molecule has 2 nitrogen and oxygen atoms in total. The molecule has 2 fully saturated rings. The first-order valence-corrected chi connectivity index (χ1v) is 7.50. The Morgan fingerprint density at radius 3 is 2.41 bits per heavy atom. The van der Waals surface area contributed by atoms with Crippen LogP contribution in [0.5, 0.6) is 0 Å². The summed E-state index contributed by atoms with van der Waals surface area (Å²) in [6.45, 7) is 4.50. The summed E-state index contributed by atoms with van der Waals surface area (Å²) in [7, 11) is 1.82. The zero-order valence-corrected chi connectivity index (χ0v) is 11.6. The van der Waals surface area contributed by atoms with Gasteiger partial charge in [-0.2, -0.15) is 0 Å². The molecule has 0 aliphatic heterocycles. The molecule has 2 saturated carbocycles. The van der Waals surface area contributed by atoms with E-state index >= 15 is 0 Å². The van der Waals surface area contributed by atoms with Gasteiger partial charge in [0, 0.05) is 26.3 Å². The average molecular weight is 239 g/mol. The molecule has 100 valence electrons. The summed E-state index contributed by atoms with van der Waals surface area (Å²) in [5.74, 6) is 1.01. The SMILES string of the molecule is CCC1CCC(NCC2(CCOC)CC2)CC1. The van der Waals surface area contributed by atoms with E-state index in [4.69, 9.17) is 4.74 Å². The van der Waals surface area contributed by atoms with Gasteiger partial charge in [0.05, 0.1) is 0 Å². The Hall–Kier alpha value is -0.0800. The van der Waals surface area contributed by atoms with E-state index in [-0.39, 0.29) is 0 Å². The van der Waals surface area contributed by atoms with Crippen molar-refractivity contribution in [2.24, 2.45) is 11.3 Å². The molecule has 1 N–H and O–H groups in total. The first-order chi connectivity index (χ1) is 8.28. The van der Waals surface area contributed by atoms with E-state index in [1.54, 1.807) is 0 Å². The van der Waals surface area contributed by atoms with Crippen molar-refractivity contribution in [2.75, 3.05) is 20.3 Å². The lowest BCUT2D eigenvalue weighted by atomic mass is 9.84. The number of methoxy groups -OCH3 is 1. The van der Waals surface area contributed by atoms with Crippen molar-refractivity contribution in [1.82, 2.24) is 5.32 Å². The average Bonchev–Trinajstić information content (AvgIpc) is 3.15. The maximum absolute atomic E-state index is 5.21. The molecule has 0 atom stereocenters. The summed E-state index contributed by atoms with van der Waals surface area (Å²) in [5.41, 5.74) is 0.609. The zero-order chi connectivity index (χ0) is 12.1. The number of nitrogens with one attached hydrogen (secondary N) is 1. The molecule has 0 aromatic rings. The summed E-state index contributed by atoms with van der Waals surface area (Å²) in [6.07, 6.45) is 11.1. The van der Waals surface area contributed by atoms with Gasteiger partial charge in [-0.3, -0.25) is 0 Å². The van der Waals surface area contributed by atoms with Crippen LogP contribution >= 0.6 is 0 Å². The lowest BCUT2D eigenvalue weighted by Gasteiger charge is -2.30. The maximum Gasteiger partial charge on any atom is 0.0468 e. The summed E-state index contributed by atoms with van der Waals surface area (Å²) < 4.78 is 5.21. The summed E-state index contributed by atoms with van der Waals surface area (Å²) in [4.78, 5) is 0. The van der Waals surface area contributed by atoms with Crippen LogP contribution < -0.4 is 5.32 Å². The summed E-state index contributed by atoms with van der Waals surface area (Å²) in [6, 6.07) is 0.804. The largest absolute Gasteiger partial charge is 0.385 e. The highest BCUT2D eigenvalue weighted by molar-refractivity contribution is 4.95. The molecule has 0 amide bonds. The number of hydrogen-bond donors (Lipinski definition) is 1. The molecule has 0 radical (unpaired) electrons. The highest BCUT2D eigenvalue weighted by Gasteiger charge is 2.42. The Morgan fingerprint density at radius 2 is 1.88 bits per heavy atom. The van der Waals surface area contributed by atoms with Crippen molar-refractivity contribution in [3.8, 4) is 0 Å². The van der Waals surface area contributed by atoms with Crippen LogP contribution in [0.1, 0.15) is 58.3 Å². The lowest BCUT2D eigenvalue weighted by Crippen LogP contribution is -2.37. The molecule has 0 spiro atoms. The van der Waals surface area contributed by atoms with Crippen LogP contribution in [0.4, 0.5) is 0 Å². The standard InChI is InChI=1S/C15H29NO/c1-3-13-4-6-14(7-5-13)16-12-15(8-9-15)10-11-17-2/h13-14,16H,3-12H2,1-2H3. The number of ether oxygens (including phenoxy) is 1. The van der Waals surface area contributed by atoms with Gasteiger partial charge in [-0.1, -0.05) is 13.3 Å². The van der Waals surface area contributed by atoms with E-state index in [0.717, 1.165) is 18.6 Å². The Morgan fingerprint density at radius 1 is 1.18 bits per heavy atom. The molecule has 0 aromatic heterocycles. The van der Waals surface area contributed by atoms with Gasteiger partial charge >= 0.3 is 0 Å². The normalized spacial score (nSPS) is 31.4. The Kier molecular flexibility index (Phi) is 4.87. The molecule has 0 saturated heterocycles. The van der Waals surface area contributed by atoms with Gasteiger partial charge in [0.1, 0.15) is 0 Å². The second-order valence-corrected chi connectivity index (χ2v) is 6.25. The second-order valence-electron chi connectivity index (χ2n) is 6.25. The molecule has 2 rings (SSSR count). The predicted octanol–water partition coefficient (Wildman–Crippen LogP) is 3.36. The van der Waals surface area contributed by atoms with Gasteiger partial charge in [-0.25, -0.2) is 0 Å². The highest BCUT2D eigenvalue weighted by Crippen LogP contribution is 2.48. The Balaban J connectivity index is 1.62. The Bertz CT molecular complexity index is 217. The zero-order valence-electron chi connectivity index (χ0n) is 11.6. The van der Waals surface area contributed by atoms with E-state index in [1.165, 1.54) is 57.9 Å².